The summed E-state index contributed by atoms with van der Waals surface area (Å²) < 4.78 is 0. The second-order valence-electron chi connectivity index (χ2n) is 4.61. The third-order valence-electron chi connectivity index (χ3n) is 3.02. The molecule has 2 rings (SSSR count). The molecule has 0 heterocycles. The maximum atomic E-state index is 12.2. The van der Waals surface area contributed by atoms with Gasteiger partial charge in [0.25, 0.3) is 5.91 Å². The van der Waals surface area contributed by atoms with E-state index in [2.05, 4.69) is 10.7 Å². The van der Waals surface area contributed by atoms with Crippen LogP contribution in [-0.4, -0.2) is 5.91 Å². The number of halogens is 1. The molecule has 20 heavy (non-hydrogen) atoms. The van der Waals surface area contributed by atoms with Gasteiger partial charge in [0.15, 0.2) is 0 Å². The van der Waals surface area contributed by atoms with Crippen molar-refractivity contribution >= 4 is 28.9 Å². The van der Waals surface area contributed by atoms with E-state index in [1.165, 1.54) is 0 Å². The second kappa shape index (κ2) is 5.94. The van der Waals surface area contributed by atoms with E-state index in [9.17, 15) is 4.79 Å². The molecule has 1 amide bonds. The maximum Gasteiger partial charge on any atom is 0.255 e. The van der Waals surface area contributed by atoms with Crippen LogP contribution in [0.25, 0.3) is 0 Å². The molecule has 0 spiro atoms. The minimum atomic E-state index is -0.206. The van der Waals surface area contributed by atoms with Crippen LogP contribution in [0.4, 0.5) is 11.4 Å². The summed E-state index contributed by atoms with van der Waals surface area (Å²) in [6, 6.07) is 10.7. The molecule has 4 N–H and O–H groups in total. The Labute approximate surface area is 122 Å². The van der Waals surface area contributed by atoms with Crippen molar-refractivity contribution in [1.82, 2.24) is 0 Å². The van der Waals surface area contributed by atoms with Crippen LogP contribution < -0.4 is 16.6 Å². The number of benzene rings is 2. The van der Waals surface area contributed by atoms with Crippen molar-refractivity contribution in [3.63, 3.8) is 0 Å². The van der Waals surface area contributed by atoms with E-state index in [0.717, 1.165) is 16.8 Å². The van der Waals surface area contributed by atoms with Gasteiger partial charge in [-0.3, -0.25) is 10.6 Å². The van der Waals surface area contributed by atoms with Crippen LogP contribution in [0.15, 0.2) is 36.4 Å². The number of carbonyl (C=O) groups excluding carboxylic acids is 1. The van der Waals surface area contributed by atoms with Crippen LogP contribution >= 0.6 is 11.6 Å². The molecule has 2 aromatic rings. The normalized spacial score (nSPS) is 10.2. The molecule has 0 saturated carbocycles. The van der Waals surface area contributed by atoms with Gasteiger partial charge >= 0.3 is 0 Å². The zero-order valence-electron chi connectivity index (χ0n) is 11.3. The lowest BCUT2D eigenvalue weighted by Crippen LogP contribution is -2.14. The summed E-state index contributed by atoms with van der Waals surface area (Å²) >= 11 is 6.10. The highest BCUT2D eigenvalue weighted by Crippen LogP contribution is 2.24. The Hall–Kier alpha value is -2.04. The number of rotatable bonds is 3. The van der Waals surface area contributed by atoms with Crippen molar-refractivity contribution < 1.29 is 4.79 Å². The zero-order chi connectivity index (χ0) is 14.7. The lowest BCUT2D eigenvalue weighted by Gasteiger charge is -2.10. The second-order valence-corrected chi connectivity index (χ2v) is 5.02. The number of hydrazine groups is 1. The van der Waals surface area contributed by atoms with Gasteiger partial charge in [-0.1, -0.05) is 17.7 Å². The van der Waals surface area contributed by atoms with Crippen molar-refractivity contribution in [1.29, 1.82) is 0 Å². The minimum absolute atomic E-state index is 0.206. The molecule has 2 aromatic carbocycles. The average molecular weight is 290 g/mol. The van der Waals surface area contributed by atoms with Crippen molar-refractivity contribution in [2.75, 3.05) is 10.7 Å². The van der Waals surface area contributed by atoms with E-state index < -0.39 is 0 Å². The molecule has 0 saturated heterocycles. The predicted octanol–water partition coefficient (Wildman–Crippen LogP) is 3.49. The molecule has 0 unspecified atom stereocenters. The van der Waals surface area contributed by atoms with E-state index in [-0.39, 0.29) is 5.91 Å². The van der Waals surface area contributed by atoms with Crippen molar-refractivity contribution in [2.45, 2.75) is 13.8 Å². The van der Waals surface area contributed by atoms with Crippen LogP contribution in [-0.2, 0) is 0 Å². The topological polar surface area (TPSA) is 67.2 Å². The fraction of sp³-hybridized carbons (Fsp3) is 0.133. The smallest absolute Gasteiger partial charge is 0.255 e. The summed E-state index contributed by atoms with van der Waals surface area (Å²) in [4.78, 5) is 12.2. The van der Waals surface area contributed by atoms with Gasteiger partial charge in [-0.25, -0.2) is 0 Å². The zero-order valence-corrected chi connectivity index (χ0v) is 12.1. The largest absolute Gasteiger partial charge is 0.324 e. The van der Waals surface area contributed by atoms with E-state index in [4.69, 9.17) is 17.4 Å². The highest BCUT2D eigenvalue weighted by molar-refractivity contribution is 6.34. The Morgan fingerprint density at radius 2 is 1.80 bits per heavy atom. The van der Waals surface area contributed by atoms with Crippen molar-refractivity contribution in [3.05, 3.63) is 58.1 Å². The van der Waals surface area contributed by atoms with Gasteiger partial charge in [-0.15, -0.1) is 0 Å². The van der Waals surface area contributed by atoms with Gasteiger partial charge in [-0.05, 0) is 55.3 Å². The number of hydrogen-bond acceptors (Lipinski definition) is 3. The highest BCUT2D eigenvalue weighted by Gasteiger charge is 2.10. The molecule has 0 bridgehead atoms. The number of aryl methyl sites for hydroxylation is 2. The van der Waals surface area contributed by atoms with Gasteiger partial charge in [0.2, 0.25) is 0 Å². The van der Waals surface area contributed by atoms with Gasteiger partial charge in [-0.2, -0.15) is 0 Å². The Kier molecular flexibility index (Phi) is 4.27. The summed E-state index contributed by atoms with van der Waals surface area (Å²) in [7, 11) is 0. The minimum Gasteiger partial charge on any atom is -0.324 e. The molecule has 0 atom stereocenters. The fourth-order valence-electron chi connectivity index (χ4n) is 1.88. The van der Waals surface area contributed by atoms with Crippen LogP contribution in [0.2, 0.25) is 5.02 Å². The molecule has 5 heteroatoms. The fourth-order valence-corrected chi connectivity index (χ4v) is 2.17. The monoisotopic (exact) mass is 289 g/mol. The number of nitrogen functional groups attached to an aromatic ring is 1. The van der Waals surface area contributed by atoms with Crippen LogP contribution in [0.1, 0.15) is 21.5 Å². The molecule has 0 aliphatic carbocycles. The number of anilines is 2. The van der Waals surface area contributed by atoms with Gasteiger partial charge in [0, 0.05) is 5.56 Å². The quantitative estimate of drug-likeness (QED) is 0.598. The standard InChI is InChI=1S/C15H16ClN3O/c1-9-3-5-14(12(16)7-9)18-15(20)11-4-6-13(19-17)10(2)8-11/h3-8,19H,17H2,1-2H3,(H,18,20). The molecule has 0 fully saturated rings. The summed E-state index contributed by atoms with van der Waals surface area (Å²) in [6.07, 6.45) is 0. The predicted molar refractivity (Wildman–Crippen MR) is 83.1 cm³/mol. The number of hydrogen-bond donors (Lipinski definition) is 3. The number of nitrogens with two attached hydrogens (primary N) is 1. The van der Waals surface area contributed by atoms with Gasteiger partial charge < -0.3 is 10.7 Å². The third kappa shape index (κ3) is 3.10. The summed E-state index contributed by atoms with van der Waals surface area (Å²) in [5.74, 6) is 5.16. The first-order chi connectivity index (χ1) is 9.51. The summed E-state index contributed by atoms with van der Waals surface area (Å²) in [6.45, 7) is 3.82. The molecule has 0 aromatic heterocycles. The molecular weight excluding hydrogens is 274 g/mol. The van der Waals surface area contributed by atoms with Crippen LogP contribution in [0, 0.1) is 13.8 Å². The number of amides is 1. The first-order valence-corrected chi connectivity index (χ1v) is 6.54. The number of nitrogens with one attached hydrogen (secondary N) is 2. The Balaban J connectivity index is 2.21. The van der Waals surface area contributed by atoms with Gasteiger partial charge in [0.1, 0.15) is 0 Å². The van der Waals surface area contributed by atoms with Gasteiger partial charge in [0.05, 0.1) is 16.4 Å². The average Bonchev–Trinajstić information content (AvgIpc) is 2.41. The van der Waals surface area contributed by atoms with Crippen LogP contribution in [0.5, 0.6) is 0 Å². The highest BCUT2D eigenvalue weighted by atomic mass is 35.5. The Morgan fingerprint density at radius 1 is 1.10 bits per heavy atom. The van der Waals surface area contributed by atoms with E-state index in [1.54, 1.807) is 24.3 Å². The maximum absolute atomic E-state index is 12.2. The van der Waals surface area contributed by atoms with Crippen molar-refractivity contribution in [2.24, 2.45) is 5.84 Å². The first-order valence-electron chi connectivity index (χ1n) is 6.16. The molecule has 104 valence electrons. The summed E-state index contributed by atoms with van der Waals surface area (Å²) in [5, 5.41) is 3.32. The molecular formula is C15H16ClN3O. The molecule has 4 nitrogen and oxygen atoms in total. The first kappa shape index (κ1) is 14.4. The lowest BCUT2D eigenvalue weighted by molar-refractivity contribution is 0.102. The molecule has 0 radical (unpaired) electrons. The van der Waals surface area contributed by atoms with E-state index in [1.807, 2.05) is 26.0 Å². The lowest BCUT2D eigenvalue weighted by atomic mass is 10.1. The Bertz CT molecular complexity index is 656. The third-order valence-corrected chi connectivity index (χ3v) is 3.33. The number of carbonyl (C=O) groups is 1. The van der Waals surface area contributed by atoms with Crippen LogP contribution in [0.3, 0.4) is 0 Å². The summed E-state index contributed by atoms with van der Waals surface area (Å²) in [5.41, 5.74) is 6.45. The Morgan fingerprint density at radius 3 is 2.40 bits per heavy atom. The van der Waals surface area contributed by atoms with E-state index in [0.29, 0.717) is 16.3 Å². The molecule has 0 aliphatic rings. The molecule has 0 aliphatic heterocycles. The van der Waals surface area contributed by atoms with Crippen molar-refractivity contribution in [3.8, 4) is 0 Å². The SMILES string of the molecule is Cc1ccc(NC(=O)c2ccc(NN)c(C)c2)c(Cl)c1. The van der Waals surface area contributed by atoms with E-state index >= 15 is 0 Å².